The van der Waals surface area contributed by atoms with Gasteiger partial charge in [-0.05, 0) is 18.4 Å². The number of carbonyl (C=O) groups excluding carboxylic acids is 1. The van der Waals surface area contributed by atoms with Gasteiger partial charge in [0.25, 0.3) is 0 Å². The van der Waals surface area contributed by atoms with E-state index in [2.05, 4.69) is 20.5 Å². The van der Waals surface area contributed by atoms with Gasteiger partial charge in [-0.15, -0.1) is 5.10 Å². The number of hydrogen-bond acceptors (Lipinski definition) is 4. The standard InChI is InChI=1S/C15H18N4O2/c1-21-14-17-13(18-19-14)16-12(20)15(9-5-6-10-15)11-7-3-2-4-8-11/h2-4,7-8H,5-6,9-10H2,1H3,(H2,16,17,18,19,20). The van der Waals surface area contributed by atoms with Crippen LogP contribution in [0.2, 0.25) is 0 Å². The van der Waals surface area contributed by atoms with E-state index in [1.807, 2.05) is 30.3 Å². The Labute approximate surface area is 122 Å². The number of benzene rings is 1. The van der Waals surface area contributed by atoms with E-state index in [1.165, 1.54) is 7.11 Å². The molecule has 1 saturated carbocycles. The summed E-state index contributed by atoms with van der Waals surface area (Å²) in [6.45, 7) is 0. The minimum Gasteiger partial charge on any atom is -0.466 e. The molecular weight excluding hydrogens is 268 g/mol. The number of nitrogens with one attached hydrogen (secondary N) is 2. The van der Waals surface area contributed by atoms with Gasteiger partial charge < -0.3 is 4.74 Å². The van der Waals surface area contributed by atoms with E-state index in [-0.39, 0.29) is 11.9 Å². The van der Waals surface area contributed by atoms with Crippen molar-refractivity contribution in [2.75, 3.05) is 12.4 Å². The van der Waals surface area contributed by atoms with Crippen LogP contribution in [0.1, 0.15) is 31.2 Å². The smallest absolute Gasteiger partial charge is 0.336 e. The van der Waals surface area contributed by atoms with E-state index in [0.29, 0.717) is 5.95 Å². The summed E-state index contributed by atoms with van der Waals surface area (Å²) in [6, 6.07) is 10.2. The Morgan fingerprint density at radius 1 is 1.29 bits per heavy atom. The van der Waals surface area contributed by atoms with Crippen molar-refractivity contribution in [2.45, 2.75) is 31.1 Å². The normalized spacial score (nSPS) is 16.6. The lowest BCUT2D eigenvalue weighted by Gasteiger charge is -2.27. The third-order valence-electron chi connectivity index (χ3n) is 4.10. The lowest BCUT2D eigenvalue weighted by molar-refractivity contribution is -0.121. The van der Waals surface area contributed by atoms with Crippen LogP contribution in [0.4, 0.5) is 5.95 Å². The summed E-state index contributed by atoms with van der Waals surface area (Å²) in [6.07, 6.45) is 3.83. The first-order valence-corrected chi connectivity index (χ1v) is 7.08. The molecule has 6 heteroatoms. The number of rotatable bonds is 4. The largest absolute Gasteiger partial charge is 0.466 e. The molecule has 3 rings (SSSR count). The molecule has 0 saturated heterocycles. The summed E-state index contributed by atoms with van der Waals surface area (Å²) in [7, 11) is 1.48. The molecule has 1 fully saturated rings. The second-order valence-electron chi connectivity index (χ2n) is 5.28. The zero-order valence-electron chi connectivity index (χ0n) is 11.9. The van der Waals surface area contributed by atoms with E-state index in [9.17, 15) is 4.79 Å². The van der Waals surface area contributed by atoms with Crippen LogP contribution in [0, 0.1) is 0 Å². The first-order chi connectivity index (χ1) is 10.2. The summed E-state index contributed by atoms with van der Waals surface area (Å²) in [5.41, 5.74) is 0.591. The fourth-order valence-electron chi connectivity index (χ4n) is 3.00. The maximum absolute atomic E-state index is 12.8. The van der Waals surface area contributed by atoms with Crippen LogP contribution in [0.25, 0.3) is 0 Å². The van der Waals surface area contributed by atoms with Gasteiger partial charge in [-0.1, -0.05) is 43.2 Å². The Morgan fingerprint density at radius 3 is 2.62 bits per heavy atom. The second kappa shape index (κ2) is 5.55. The van der Waals surface area contributed by atoms with Crippen LogP contribution in [0.15, 0.2) is 30.3 Å². The summed E-state index contributed by atoms with van der Waals surface area (Å²) in [4.78, 5) is 16.8. The molecule has 0 radical (unpaired) electrons. The molecule has 1 amide bonds. The van der Waals surface area contributed by atoms with Gasteiger partial charge in [-0.25, -0.2) is 5.10 Å². The molecule has 1 aromatic carbocycles. The Kier molecular flexibility index (Phi) is 3.60. The third-order valence-corrected chi connectivity index (χ3v) is 4.10. The van der Waals surface area contributed by atoms with Crippen molar-refractivity contribution < 1.29 is 9.53 Å². The van der Waals surface area contributed by atoms with Gasteiger partial charge in [0.2, 0.25) is 11.9 Å². The van der Waals surface area contributed by atoms with Crippen LogP contribution in [0.3, 0.4) is 0 Å². The predicted molar refractivity (Wildman–Crippen MR) is 78.2 cm³/mol. The van der Waals surface area contributed by atoms with Crippen molar-refractivity contribution in [3.8, 4) is 6.01 Å². The van der Waals surface area contributed by atoms with Gasteiger partial charge in [-0.2, -0.15) is 4.98 Å². The molecule has 6 nitrogen and oxygen atoms in total. The van der Waals surface area contributed by atoms with Gasteiger partial charge in [0, 0.05) is 0 Å². The Balaban J connectivity index is 1.85. The molecule has 0 spiro atoms. The molecule has 2 N–H and O–H groups in total. The van der Waals surface area contributed by atoms with Gasteiger partial charge >= 0.3 is 6.01 Å². The maximum Gasteiger partial charge on any atom is 0.336 e. The van der Waals surface area contributed by atoms with Crippen molar-refractivity contribution in [1.29, 1.82) is 0 Å². The topological polar surface area (TPSA) is 79.9 Å². The Hall–Kier alpha value is -2.37. The zero-order chi connectivity index (χ0) is 14.7. The fourth-order valence-corrected chi connectivity index (χ4v) is 3.00. The number of anilines is 1. The molecule has 0 unspecified atom stereocenters. The summed E-state index contributed by atoms with van der Waals surface area (Å²) in [5, 5.41) is 9.33. The van der Waals surface area contributed by atoms with Crippen molar-refractivity contribution in [3.05, 3.63) is 35.9 Å². The second-order valence-corrected chi connectivity index (χ2v) is 5.28. The van der Waals surface area contributed by atoms with Crippen LogP contribution in [-0.4, -0.2) is 28.2 Å². The monoisotopic (exact) mass is 286 g/mol. The predicted octanol–water partition coefficient (Wildman–Crippen LogP) is 2.26. The number of ether oxygens (including phenoxy) is 1. The van der Waals surface area contributed by atoms with Crippen molar-refractivity contribution in [2.24, 2.45) is 0 Å². The number of methoxy groups -OCH3 is 1. The molecule has 1 aromatic heterocycles. The quantitative estimate of drug-likeness (QED) is 0.903. The summed E-state index contributed by atoms with van der Waals surface area (Å²) >= 11 is 0. The van der Waals surface area contributed by atoms with Gasteiger partial charge in [0.05, 0.1) is 12.5 Å². The maximum atomic E-state index is 12.8. The number of carbonyl (C=O) groups is 1. The number of aromatic amines is 1. The SMILES string of the molecule is COc1n[nH]c(NC(=O)C2(c3ccccc3)CCCC2)n1. The highest BCUT2D eigenvalue weighted by Crippen LogP contribution is 2.41. The average Bonchev–Trinajstić information content (AvgIpc) is 3.18. The molecule has 21 heavy (non-hydrogen) atoms. The molecule has 0 bridgehead atoms. The number of nitrogens with zero attached hydrogens (tertiary/aromatic N) is 2. The lowest BCUT2D eigenvalue weighted by atomic mass is 9.78. The van der Waals surface area contributed by atoms with E-state index in [1.54, 1.807) is 0 Å². The van der Waals surface area contributed by atoms with Gasteiger partial charge in [0.15, 0.2) is 0 Å². The van der Waals surface area contributed by atoms with Crippen LogP contribution in [-0.2, 0) is 10.2 Å². The van der Waals surface area contributed by atoms with Crippen LogP contribution in [0.5, 0.6) is 6.01 Å². The van der Waals surface area contributed by atoms with Crippen molar-refractivity contribution in [3.63, 3.8) is 0 Å². The van der Waals surface area contributed by atoms with Gasteiger partial charge in [-0.3, -0.25) is 10.1 Å². The molecule has 1 heterocycles. The number of aromatic nitrogens is 3. The molecular formula is C15H18N4O2. The number of amides is 1. The molecule has 1 aliphatic carbocycles. The van der Waals surface area contributed by atoms with Crippen LogP contribution >= 0.6 is 0 Å². The molecule has 0 atom stereocenters. The minimum atomic E-state index is -0.471. The van der Waals surface area contributed by atoms with Crippen molar-refractivity contribution in [1.82, 2.24) is 15.2 Å². The molecule has 2 aromatic rings. The Bertz CT molecular complexity index is 618. The van der Waals surface area contributed by atoms with Crippen molar-refractivity contribution >= 4 is 11.9 Å². The van der Waals surface area contributed by atoms with E-state index in [4.69, 9.17) is 4.74 Å². The zero-order valence-corrected chi connectivity index (χ0v) is 11.9. The number of hydrogen-bond donors (Lipinski definition) is 2. The van der Waals surface area contributed by atoms with E-state index >= 15 is 0 Å². The molecule has 1 aliphatic rings. The van der Waals surface area contributed by atoms with Gasteiger partial charge in [0.1, 0.15) is 0 Å². The highest BCUT2D eigenvalue weighted by Gasteiger charge is 2.42. The highest BCUT2D eigenvalue weighted by molar-refractivity contribution is 5.98. The summed E-state index contributed by atoms with van der Waals surface area (Å²) in [5.74, 6) is 0.282. The highest BCUT2D eigenvalue weighted by atomic mass is 16.5. The van der Waals surface area contributed by atoms with Crippen LogP contribution < -0.4 is 10.1 Å². The van der Waals surface area contributed by atoms with E-state index in [0.717, 1.165) is 31.2 Å². The van der Waals surface area contributed by atoms with E-state index < -0.39 is 5.41 Å². The summed E-state index contributed by atoms with van der Waals surface area (Å²) < 4.78 is 4.91. The first-order valence-electron chi connectivity index (χ1n) is 7.08. The molecule has 0 aliphatic heterocycles. The average molecular weight is 286 g/mol. The Morgan fingerprint density at radius 2 is 2.00 bits per heavy atom. The first kappa shape index (κ1) is 13.6. The fraction of sp³-hybridized carbons (Fsp3) is 0.400. The lowest BCUT2D eigenvalue weighted by Crippen LogP contribution is -2.38. The third kappa shape index (κ3) is 2.49. The minimum absolute atomic E-state index is 0.0370. The number of H-pyrrole nitrogens is 1. The molecule has 110 valence electrons.